The van der Waals surface area contributed by atoms with Gasteiger partial charge in [-0.3, -0.25) is 4.79 Å². The standard InChI is InChI=1S/C13H25N3O3/c1-5-9(8-17)14-12(19)15-10-6-11(18)16(7-10)13(2,3)4/h9-10,17H,5-8H2,1-4H3,(H2,14,15,19). The van der Waals surface area contributed by atoms with E-state index in [1.54, 1.807) is 4.90 Å². The Morgan fingerprint density at radius 3 is 2.58 bits per heavy atom. The van der Waals surface area contributed by atoms with Crippen LogP contribution in [0.5, 0.6) is 0 Å². The topological polar surface area (TPSA) is 81.7 Å². The quantitative estimate of drug-likeness (QED) is 0.694. The van der Waals surface area contributed by atoms with Gasteiger partial charge in [-0.1, -0.05) is 6.92 Å². The number of urea groups is 1. The molecule has 1 heterocycles. The fourth-order valence-corrected chi connectivity index (χ4v) is 2.14. The summed E-state index contributed by atoms with van der Waals surface area (Å²) in [5.41, 5.74) is -0.221. The number of aliphatic hydroxyl groups excluding tert-OH is 1. The van der Waals surface area contributed by atoms with Crippen LogP contribution in [0, 0.1) is 0 Å². The average molecular weight is 271 g/mol. The van der Waals surface area contributed by atoms with Gasteiger partial charge in [0.25, 0.3) is 0 Å². The molecule has 1 saturated heterocycles. The summed E-state index contributed by atoms with van der Waals surface area (Å²) in [5.74, 6) is 0.0620. The van der Waals surface area contributed by atoms with Gasteiger partial charge >= 0.3 is 6.03 Å². The summed E-state index contributed by atoms with van der Waals surface area (Å²) < 4.78 is 0. The maximum atomic E-state index is 11.9. The minimum absolute atomic E-state index is 0.0620. The van der Waals surface area contributed by atoms with E-state index in [2.05, 4.69) is 10.6 Å². The molecular weight excluding hydrogens is 246 g/mol. The molecule has 0 aromatic rings. The van der Waals surface area contributed by atoms with E-state index in [-0.39, 0.29) is 36.2 Å². The van der Waals surface area contributed by atoms with E-state index in [4.69, 9.17) is 5.11 Å². The minimum atomic E-state index is -0.325. The fraction of sp³-hybridized carbons (Fsp3) is 0.846. The molecule has 2 atom stereocenters. The number of hydrogen-bond donors (Lipinski definition) is 3. The largest absolute Gasteiger partial charge is 0.394 e. The maximum absolute atomic E-state index is 11.9. The zero-order chi connectivity index (χ0) is 14.6. The van der Waals surface area contributed by atoms with Crippen molar-refractivity contribution in [2.24, 2.45) is 0 Å². The Labute approximate surface area is 114 Å². The number of aliphatic hydroxyl groups is 1. The molecule has 0 bridgehead atoms. The van der Waals surface area contributed by atoms with E-state index in [0.717, 1.165) is 0 Å². The summed E-state index contributed by atoms with van der Waals surface area (Å²) in [6.45, 7) is 8.28. The van der Waals surface area contributed by atoms with Gasteiger partial charge in [0.2, 0.25) is 5.91 Å². The van der Waals surface area contributed by atoms with Gasteiger partial charge in [-0.05, 0) is 27.2 Å². The summed E-state index contributed by atoms with van der Waals surface area (Å²) in [6, 6.07) is -0.729. The Morgan fingerprint density at radius 2 is 2.16 bits per heavy atom. The summed E-state index contributed by atoms with van der Waals surface area (Å²) in [7, 11) is 0. The predicted octanol–water partition coefficient (Wildman–Crippen LogP) is 0.456. The summed E-state index contributed by atoms with van der Waals surface area (Å²) in [4.78, 5) is 25.4. The van der Waals surface area contributed by atoms with Gasteiger partial charge in [-0.25, -0.2) is 4.79 Å². The Bertz CT molecular complexity index is 335. The zero-order valence-electron chi connectivity index (χ0n) is 12.2. The van der Waals surface area contributed by atoms with Crippen LogP contribution in [0.3, 0.4) is 0 Å². The second-order valence-corrected chi connectivity index (χ2v) is 5.98. The van der Waals surface area contributed by atoms with Crippen LogP contribution < -0.4 is 10.6 Å². The highest BCUT2D eigenvalue weighted by atomic mass is 16.3. The SMILES string of the molecule is CCC(CO)NC(=O)NC1CC(=O)N(C(C)(C)C)C1. The van der Waals surface area contributed by atoms with Crippen LogP contribution in [0.4, 0.5) is 4.79 Å². The number of amides is 3. The number of carbonyl (C=O) groups is 2. The number of likely N-dealkylation sites (tertiary alicyclic amines) is 1. The second-order valence-electron chi connectivity index (χ2n) is 5.98. The molecule has 0 saturated carbocycles. The van der Waals surface area contributed by atoms with Crippen molar-refractivity contribution in [1.29, 1.82) is 0 Å². The molecule has 1 aliphatic rings. The lowest BCUT2D eigenvalue weighted by Crippen LogP contribution is -2.49. The Kier molecular flexibility index (Phi) is 5.17. The van der Waals surface area contributed by atoms with Crippen molar-refractivity contribution >= 4 is 11.9 Å². The van der Waals surface area contributed by atoms with Crippen LogP contribution in [-0.4, -0.2) is 52.7 Å². The third-order valence-corrected chi connectivity index (χ3v) is 3.32. The lowest BCUT2D eigenvalue weighted by Gasteiger charge is -2.32. The van der Waals surface area contributed by atoms with E-state index < -0.39 is 0 Å². The van der Waals surface area contributed by atoms with Crippen LogP contribution in [0.1, 0.15) is 40.5 Å². The van der Waals surface area contributed by atoms with Gasteiger partial charge in [0.05, 0.1) is 18.7 Å². The summed E-state index contributed by atoms with van der Waals surface area (Å²) >= 11 is 0. The number of nitrogens with one attached hydrogen (secondary N) is 2. The molecule has 19 heavy (non-hydrogen) atoms. The van der Waals surface area contributed by atoms with E-state index in [1.807, 2.05) is 27.7 Å². The van der Waals surface area contributed by atoms with Gasteiger partial charge in [0, 0.05) is 18.5 Å². The molecule has 0 aliphatic carbocycles. The Balaban J connectivity index is 2.47. The smallest absolute Gasteiger partial charge is 0.315 e. The molecule has 2 unspecified atom stereocenters. The van der Waals surface area contributed by atoms with Crippen molar-refractivity contribution < 1.29 is 14.7 Å². The molecule has 3 N–H and O–H groups in total. The van der Waals surface area contributed by atoms with E-state index in [1.165, 1.54) is 0 Å². The predicted molar refractivity (Wildman–Crippen MR) is 72.7 cm³/mol. The lowest BCUT2D eigenvalue weighted by molar-refractivity contribution is -0.131. The number of nitrogens with zero attached hydrogens (tertiary/aromatic N) is 1. The molecule has 6 nitrogen and oxygen atoms in total. The van der Waals surface area contributed by atoms with E-state index >= 15 is 0 Å². The third kappa shape index (κ3) is 4.38. The van der Waals surface area contributed by atoms with Crippen LogP contribution in [0.15, 0.2) is 0 Å². The van der Waals surface area contributed by atoms with Crippen molar-refractivity contribution in [3.05, 3.63) is 0 Å². The van der Waals surface area contributed by atoms with Gasteiger partial charge < -0.3 is 20.6 Å². The highest BCUT2D eigenvalue weighted by Gasteiger charge is 2.36. The molecule has 0 aromatic carbocycles. The van der Waals surface area contributed by atoms with Crippen LogP contribution in [0.25, 0.3) is 0 Å². The van der Waals surface area contributed by atoms with Crippen LogP contribution >= 0.6 is 0 Å². The first kappa shape index (κ1) is 15.8. The van der Waals surface area contributed by atoms with E-state index in [9.17, 15) is 9.59 Å². The van der Waals surface area contributed by atoms with Crippen LogP contribution in [-0.2, 0) is 4.79 Å². The van der Waals surface area contributed by atoms with Gasteiger partial charge in [0.15, 0.2) is 0 Å². The first-order valence-electron chi connectivity index (χ1n) is 6.76. The number of carbonyl (C=O) groups excluding carboxylic acids is 2. The van der Waals surface area contributed by atoms with E-state index in [0.29, 0.717) is 19.4 Å². The van der Waals surface area contributed by atoms with Gasteiger partial charge in [-0.15, -0.1) is 0 Å². The average Bonchev–Trinajstić information content (AvgIpc) is 2.66. The molecule has 0 aromatic heterocycles. The van der Waals surface area contributed by atoms with Crippen molar-refractivity contribution in [2.75, 3.05) is 13.2 Å². The molecule has 1 rings (SSSR count). The van der Waals surface area contributed by atoms with Gasteiger partial charge in [0.1, 0.15) is 0 Å². The normalized spacial score (nSPS) is 21.4. The highest BCUT2D eigenvalue weighted by Crippen LogP contribution is 2.21. The lowest BCUT2D eigenvalue weighted by atomic mass is 10.1. The molecule has 1 aliphatic heterocycles. The van der Waals surface area contributed by atoms with Crippen molar-refractivity contribution in [3.63, 3.8) is 0 Å². The van der Waals surface area contributed by atoms with Crippen LogP contribution in [0.2, 0.25) is 0 Å². The monoisotopic (exact) mass is 271 g/mol. The molecule has 0 radical (unpaired) electrons. The molecule has 110 valence electrons. The molecule has 1 fully saturated rings. The van der Waals surface area contributed by atoms with Gasteiger partial charge in [-0.2, -0.15) is 0 Å². The first-order valence-corrected chi connectivity index (χ1v) is 6.76. The third-order valence-electron chi connectivity index (χ3n) is 3.32. The molecule has 6 heteroatoms. The van der Waals surface area contributed by atoms with Crippen molar-refractivity contribution in [3.8, 4) is 0 Å². The second kappa shape index (κ2) is 6.23. The minimum Gasteiger partial charge on any atom is -0.394 e. The van der Waals surface area contributed by atoms with Crippen molar-refractivity contribution in [1.82, 2.24) is 15.5 Å². The fourth-order valence-electron chi connectivity index (χ4n) is 2.14. The number of rotatable bonds is 4. The maximum Gasteiger partial charge on any atom is 0.315 e. The Morgan fingerprint density at radius 1 is 1.53 bits per heavy atom. The summed E-state index contributed by atoms with van der Waals surface area (Å²) in [6.07, 6.45) is 1.00. The van der Waals surface area contributed by atoms with Crippen molar-refractivity contribution in [2.45, 2.75) is 58.2 Å². The molecule has 0 spiro atoms. The molecular formula is C13H25N3O3. The Hall–Kier alpha value is -1.30. The highest BCUT2D eigenvalue weighted by molar-refractivity contribution is 5.82. The summed E-state index contributed by atoms with van der Waals surface area (Å²) in [5, 5.41) is 14.5. The molecule has 3 amide bonds. The zero-order valence-corrected chi connectivity index (χ0v) is 12.2. The first-order chi connectivity index (χ1) is 8.77. The number of hydrogen-bond acceptors (Lipinski definition) is 3.